The fraction of sp³-hybridized carbons (Fsp3) is 0.318. The smallest absolute Gasteiger partial charge is 0.416 e. The Labute approximate surface area is 174 Å². The SMILES string of the molecule is CC(C)c1cc(C=C(C#N)S(=O)(=O)c2cccc(C(F)(F)F)c2)cc(C(C)C)c1O. The molecule has 0 aliphatic heterocycles. The summed E-state index contributed by atoms with van der Waals surface area (Å²) in [5, 5.41) is 19.9. The lowest BCUT2D eigenvalue weighted by atomic mass is 9.91. The lowest BCUT2D eigenvalue weighted by molar-refractivity contribution is -0.137. The number of nitrogens with zero attached hydrogens (tertiary/aromatic N) is 1. The van der Waals surface area contributed by atoms with Crippen LogP contribution in [0.15, 0.2) is 46.2 Å². The predicted molar refractivity (Wildman–Crippen MR) is 109 cm³/mol. The first-order chi connectivity index (χ1) is 13.8. The molecule has 2 aromatic carbocycles. The van der Waals surface area contributed by atoms with E-state index >= 15 is 0 Å². The maximum absolute atomic E-state index is 13.0. The molecule has 0 saturated carbocycles. The Hall–Kier alpha value is -2.79. The minimum Gasteiger partial charge on any atom is -0.507 e. The van der Waals surface area contributed by atoms with Gasteiger partial charge in [0.05, 0.1) is 10.5 Å². The molecule has 0 fully saturated rings. The number of sulfone groups is 1. The topological polar surface area (TPSA) is 78.2 Å². The minimum absolute atomic E-state index is 0.0681. The molecular weight excluding hydrogens is 415 g/mol. The Morgan fingerprint density at radius 3 is 2.03 bits per heavy atom. The van der Waals surface area contributed by atoms with E-state index in [0.29, 0.717) is 22.8 Å². The summed E-state index contributed by atoms with van der Waals surface area (Å²) in [6.07, 6.45) is -3.59. The number of alkyl halides is 3. The molecule has 1 N–H and O–H groups in total. The Balaban J connectivity index is 2.66. The zero-order valence-electron chi connectivity index (χ0n) is 16.9. The van der Waals surface area contributed by atoms with E-state index in [9.17, 15) is 32.0 Å². The summed E-state index contributed by atoms with van der Waals surface area (Å²) in [6, 6.07) is 8.01. The second-order valence-electron chi connectivity index (χ2n) is 7.51. The molecular formula is C22H22F3NO3S. The van der Waals surface area contributed by atoms with Gasteiger partial charge in [0.25, 0.3) is 0 Å². The number of halogens is 3. The second kappa shape index (κ2) is 8.52. The van der Waals surface area contributed by atoms with Crippen molar-refractivity contribution in [2.24, 2.45) is 0 Å². The summed E-state index contributed by atoms with van der Waals surface area (Å²) in [4.78, 5) is -1.30. The number of aromatic hydroxyl groups is 1. The van der Waals surface area contributed by atoms with Gasteiger partial charge in [-0.1, -0.05) is 33.8 Å². The van der Waals surface area contributed by atoms with Gasteiger partial charge in [-0.05, 0) is 64.9 Å². The van der Waals surface area contributed by atoms with E-state index in [1.807, 2.05) is 27.7 Å². The van der Waals surface area contributed by atoms with Crippen molar-refractivity contribution in [2.45, 2.75) is 50.6 Å². The molecule has 0 amide bonds. The molecule has 0 radical (unpaired) electrons. The molecule has 0 heterocycles. The zero-order chi connectivity index (χ0) is 22.9. The quantitative estimate of drug-likeness (QED) is 0.582. The highest BCUT2D eigenvalue weighted by molar-refractivity contribution is 7.95. The molecule has 2 aromatic rings. The fourth-order valence-corrected chi connectivity index (χ4v) is 4.16. The van der Waals surface area contributed by atoms with Crippen LogP contribution >= 0.6 is 0 Å². The molecule has 0 atom stereocenters. The van der Waals surface area contributed by atoms with E-state index in [4.69, 9.17) is 0 Å². The summed E-state index contributed by atoms with van der Waals surface area (Å²) < 4.78 is 64.6. The van der Waals surface area contributed by atoms with Crippen LogP contribution in [0.3, 0.4) is 0 Å². The third-order valence-electron chi connectivity index (χ3n) is 4.60. The zero-order valence-corrected chi connectivity index (χ0v) is 17.8. The molecule has 160 valence electrons. The van der Waals surface area contributed by atoms with Crippen LogP contribution in [-0.4, -0.2) is 13.5 Å². The molecule has 0 aromatic heterocycles. The summed E-state index contributed by atoms with van der Waals surface area (Å²) in [6.45, 7) is 7.43. The highest BCUT2D eigenvalue weighted by atomic mass is 32.2. The Bertz CT molecular complexity index is 1100. The van der Waals surface area contributed by atoms with Crippen LogP contribution < -0.4 is 0 Å². The van der Waals surface area contributed by atoms with E-state index in [2.05, 4.69) is 0 Å². The second-order valence-corrected chi connectivity index (χ2v) is 9.42. The highest BCUT2D eigenvalue weighted by Crippen LogP contribution is 2.36. The van der Waals surface area contributed by atoms with Crippen molar-refractivity contribution in [3.63, 3.8) is 0 Å². The van der Waals surface area contributed by atoms with Gasteiger partial charge < -0.3 is 5.11 Å². The summed E-state index contributed by atoms with van der Waals surface area (Å²) >= 11 is 0. The molecule has 0 spiro atoms. The minimum atomic E-state index is -4.71. The Kier molecular flexibility index (Phi) is 6.67. The van der Waals surface area contributed by atoms with E-state index in [0.717, 1.165) is 24.3 Å². The molecule has 0 unspecified atom stereocenters. The highest BCUT2D eigenvalue weighted by Gasteiger charge is 2.32. The lowest BCUT2D eigenvalue weighted by Gasteiger charge is -2.16. The van der Waals surface area contributed by atoms with Crippen LogP contribution in [0.4, 0.5) is 13.2 Å². The molecule has 8 heteroatoms. The standard InChI is InChI=1S/C22H22F3NO3S/c1-13(2)19-9-15(10-20(14(3)4)21(19)27)8-18(12-26)30(28,29)17-7-5-6-16(11-17)22(23,24)25/h5-11,13-14,27H,1-4H3. The van der Waals surface area contributed by atoms with Gasteiger partial charge in [-0.2, -0.15) is 18.4 Å². The van der Waals surface area contributed by atoms with Crippen LogP contribution in [0.1, 0.15) is 61.8 Å². The first-order valence-electron chi connectivity index (χ1n) is 9.20. The molecule has 0 aliphatic rings. The maximum Gasteiger partial charge on any atom is 0.416 e. The molecule has 2 rings (SSSR count). The van der Waals surface area contributed by atoms with Gasteiger partial charge in [-0.25, -0.2) is 8.42 Å². The molecule has 0 bridgehead atoms. The average molecular weight is 437 g/mol. The number of hydrogen-bond donors (Lipinski definition) is 1. The number of benzene rings is 2. The van der Waals surface area contributed by atoms with Gasteiger partial charge in [-0.15, -0.1) is 0 Å². The van der Waals surface area contributed by atoms with Crippen molar-refractivity contribution >= 4 is 15.9 Å². The van der Waals surface area contributed by atoms with Gasteiger partial charge in [0, 0.05) is 0 Å². The molecule has 4 nitrogen and oxygen atoms in total. The Morgan fingerprint density at radius 2 is 1.60 bits per heavy atom. The van der Waals surface area contributed by atoms with Crippen LogP contribution in [0.25, 0.3) is 6.08 Å². The van der Waals surface area contributed by atoms with Crippen molar-refractivity contribution in [3.05, 3.63) is 63.6 Å². The van der Waals surface area contributed by atoms with Crippen LogP contribution in [0.2, 0.25) is 0 Å². The van der Waals surface area contributed by atoms with Crippen LogP contribution in [0, 0.1) is 11.3 Å². The normalized spacial score (nSPS) is 13.0. The average Bonchev–Trinajstić information content (AvgIpc) is 2.65. The van der Waals surface area contributed by atoms with Crippen molar-refractivity contribution in [3.8, 4) is 11.8 Å². The summed E-state index contributed by atoms with van der Waals surface area (Å²) in [7, 11) is -4.47. The van der Waals surface area contributed by atoms with Crippen molar-refractivity contribution < 1.29 is 26.7 Å². The van der Waals surface area contributed by atoms with Gasteiger partial charge in [0.15, 0.2) is 0 Å². The van der Waals surface area contributed by atoms with Crippen LogP contribution in [-0.2, 0) is 16.0 Å². The first kappa shape index (κ1) is 23.5. The summed E-state index contributed by atoms with van der Waals surface area (Å²) in [5.41, 5.74) is 0.421. The van der Waals surface area contributed by atoms with Crippen molar-refractivity contribution in [2.75, 3.05) is 0 Å². The lowest BCUT2D eigenvalue weighted by Crippen LogP contribution is -2.09. The van der Waals surface area contributed by atoms with E-state index in [-0.39, 0.29) is 17.6 Å². The number of rotatable bonds is 5. The van der Waals surface area contributed by atoms with Crippen LogP contribution in [0.5, 0.6) is 5.75 Å². The van der Waals surface area contributed by atoms with E-state index < -0.39 is 31.4 Å². The third kappa shape index (κ3) is 4.85. The van der Waals surface area contributed by atoms with Crippen molar-refractivity contribution in [1.82, 2.24) is 0 Å². The van der Waals surface area contributed by atoms with E-state index in [1.165, 1.54) is 0 Å². The number of phenols is 1. The van der Waals surface area contributed by atoms with Gasteiger partial charge in [0.1, 0.15) is 16.7 Å². The predicted octanol–water partition coefficient (Wildman–Crippen LogP) is 6.00. The Morgan fingerprint density at radius 1 is 1.07 bits per heavy atom. The van der Waals surface area contributed by atoms with Gasteiger partial charge in [-0.3, -0.25) is 0 Å². The van der Waals surface area contributed by atoms with Gasteiger partial charge in [0.2, 0.25) is 9.84 Å². The maximum atomic E-state index is 13.0. The van der Waals surface area contributed by atoms with E-state index in [1.54, 1.807) is 18.2 Å². The largest absolute Gasteiger partial charge is 0.507 e. The van der Waals surface area contributed by atoms with Crippen molar-refractivity contribution in [1.29, 1.82) is 5.26 Å². The number of allylic oxidation sites excluding steroid dienone is 1. The number of nitriles is 1. The third-order valence-corrected chi connectivity index (χ3v) is 6.27. The number of phenolic OH excluding ortho intramolecular Hbond substituents is 1. The fourth-order valence-electron chi connectivity index (χ4n) is 2.96. The molecule has 0 aliphatic carbocycles. The molecule has 0 saturated heterocycles. The van der Waals surface area contributed by atoms with Gasteiger partial charge >= 0.3 is 6.18 Å². The monoisotopic (exact) mass is 437 g/mol. The molecule has 30 heavy (non-hydrogen) atoms. The summed E-state index contributed by atoms with van der Waals surface area (Å²) in [5.74, 6) is -0.0284. The first-order valence-corrected chi connectivity index (χ1v) is 10.7. The number of hydrogen-bond acceptors (Lipinski definition) is 4.